The molecule has 2 unspecified atom stereocenters. The van der Waals surface area contributed by atoms with Gasteiger partial charge in [-0.3, -0.25) is 9.69 Å². The smallest absolute Gasteiger partial charge is 0.163 e. The van der Waals surface area contributed by atoms with Crippen molar-refractivity contribution in [3.05, 3.63) is 100 Å². The molecule has 2 saturated heterocycles. The quantitative estimate of drug-likeness (QED) is 0.411. The van der Waals surface area contributed by atoms with Gasteiger partial charge in [-0.25, -0.2) is 5.43 Å². The van der Waals surface area contributed by atoms with Crippen molar-refractivity contribution in [2.45, 2.75) is 43.2 Å². The molecular weight excluding hydrogens is 505 g/mol. The summed E-state index contributed by atoms with van der Waals surface area (Å²) in [6.45, 7) is 4.41. The number of benzene rings is 3. The van der Waals surface area contributed by atoms with E-state index in [4.69, 9.17) is 23.2 Å². The molecular formula is C30H33Cl2N3O2. The average molecular weight is 539 g/mol. The van der Waals surface area contributed by atoms with Crippen LogP contribution in [0.3, 0.4) is 0 Å². The highest BCUT2D eigenvalue weighted by molar-refractivity contribution is 6.42. The summed E-state index contributed by atoms with van der Waals surface area (Å²) >= 11 is 12.5. The van der Waals surface area contributed by atoms with E-state index in [1.165, 1.54) is 0 Å². The van der Waals surface area contributed by atoms with E-state index in [2.05, 4.69) is 29.4 Å². The first-order valence-corrected chi connectivity index (χ1v) is 13.7. The number of anilines is 1. The van der Waals surface area contributed by atoms with Crippen molar-refractivity contribution in [2.24, 2.45) is 0 Å². The van der Waals surface area contributed by atoms with Gasteiger partial charge in [0.05, 0.1) is 39.3 Å². The van der Waals surface area contributed by atoms with Gasteiger partial charge in [-0.1, -0.05) is 90.8 Å². The molecule has 0 spiro atoms. The molecule has 5 rings (SSSR count). The third-order valence-electron chi connectivity index (χ3n) is 8.08. The Hall–Kier alpha value is -2.41. The first kappa shape index (κ1) is 26.2. The predicted octanol–water partition coefficient (Wildman–Crippen LogP) is 5.59. The highest BCUT2D eigenvalue weighted by Gasteiger charge is 2.50. The molecule has 2 fully saturated rings. The maximum absolute atomic E-state index is 14.5. The van der Waals surface area contributed by atoms with Crippen molar-refractivity contribution >= 4 is 34.7 Å². The molecule has 7 heteroatoms. The van der Waals surface area contributed by atoms with Crippen molar-refractivity contribution in [2.75, 3.05) is 31.2 Å². The summed E-state index contributed by atoms with van der Waals surface area (Å²) in [6, 6.07) is 25.2. The van der Waals surface area contributed by atoms with Crippen LogP contribution in [-0.4, -0.2) is 48.0 Å². The molecule has 2 aliphatic rings. The summed E-state index contributed by atoms with van der Waals surface area (Å²) in [6.07, 6.45) is 1.92. The van der Waals surface area contributed by atoms with E-state index in [9.17, 15) is 9.90 Å². The number of halogens is 2. The Balaban J connectivity index is 1.40. The first-order chi connectivity index (χ1) is 17.9. The van der Waals surface area contributed by atoms with Gasteiger partial charge in [0.25, 0.3) is 0 Å². The molecule has 2 aliphatic heterocycles. The number of hydrogen-bond donors (Lipinski definition) is 2. The first-order valence-electron chi connectivity index (χ1n) is 12.9. The van der Waals surface area contributed by atoms with Gasteiger partial charge in [0.15, 0.2) is 5.78 Å². The van der Waals surface area contributed by atoms with Crippen molar-refractivity contribution in [1.82, 2.24) is 10.3 Å². The van der Waals surface area contributed by atoms with Crippen molar-refractivity contribution in [3.63, 3.8) is 0 Å². The summed E-state index contributed by atoms with van der Waals surface area (Å²) in [4.78, 5) is 16.8. The van der Waals surface area contributed by atoms with Crippen LogP contribution in [0.2, 0.25) is 10.0 Å². The lowest BCUT2D eigenvalue weighted by Gasteiger charge is -2.43. The minimum absolute atomic E-state index is 0.210. The number of likely N-dealkylation sites (tertiary alicyclic amines) is 1. The Morgan fingerprint density at radius 1 is 0.946 bits per heavy atom. The van der Waals surface area contributed by atoms with Crippen LogP contribution >= 0.6 is 23.2 Å². The number of nitrogens with zero attached hydrogens (tertiary/aromatic N) is 2. The summed E-state index contributed by atoms with van der Waals surface area (Å²) in [5, 5.41) is 14.3. The van der Waals surface area contributed by atoms with Crippen LogP contribution in [-0.2, 0) is 15.8 Å². The Bertz CT molecular complexity index is 1230. The second kappa shape index (κ2) is 10.8. The van der Waals surface area contributed by atoms with Gasteiger partial charge in [-0.15, -0.1) is 0 Å². The molecule has 0 radical (unpaired) electrons. The monoisotopic (exact) mass is 537 g/mol. The highest BCUT2D eigenvalue weighted by atomic mass is 35.5. The molecule has 3 aromatic carbocycles. The second-order valence-corrected chi connectivity index (χ2v) is 11.0. The van der Waals surface area contributed by atoms with Crippen molar-refractivity contribution in [3.8, 4) is 0 Å². The molecule has 0 aliphatic carbocycles. The van der Waals surface area contributed by atoms with Crippen LogP contribution in [0.4, 0.5) is 5.69 Å². The third-order valence-corrected chi connectivity index (χ3v) is 8.82. The number of hydrazine groups is 1. The lowest BCUT2D eigenvalue weighted by atomic mass is 9.73. The second-order valence-electron chi connectivity index (χ2n) is 10.2. The molecule has 5 nitrogen and oxygen atoms in total. The van der Waals surface area contributed by atoms with Crippen LogP contribution in [0.5, 0.6) is 0 Å². The summed E-state index contributed by atoms with van der Waals surface area (Å²) in [5.74, 6) is 0.210. The van der Waals surface area contributed by atoms with Gasteiger partial charge in [0.1, 0.15) is 0 Å². The largest absolute Gasteiger partial charge is 0.385 e. The van der Waals surface area contributed by atoms with Gasteiger partial charge in [-0.2, -0.15) is 0 Å². The fourth-order valence-corrected chi connectivity index (χ4v) is 6.17. The van der Waals surface area contributed by atoms with Crippen LogP contribution in [0.1, 0.15) is 37.3 Å². The number of rotatable bonds is 7. The lowest BCUT2D eigenvalue weighted by Crippen LogP contribution is -2.56. The van der Waals surface area contributed by atoms with E-state index in [1.807, 2.05) is 65.7 Å². The topological polar surface area (TPSA) is 55.8 Å². The molecule has 0 aromatic heterocycles. The van der Waals surface area contributed by atoms with E-state index in [-0.39, 0.29) is 11.8 Å². The van der Waals surface area contributed by atoms with Gasteiger partial charge in [-0.05, 0) is 48.6 Å². The van der Waals surface area contributed by atoms with E-state index in [1.54, 1.807) is 6.07 Å². The molecule has 2 heterocycles. The van der Waals surface area contributed by atoms with E-state index < -0.39 is 11.0 Å². The van der Waals surface area contributed by atoms with Gasteiger partial charge < -0.3 is 10.1 Å². The van der Waals surface area contributed by atoms with Crippen molar-refractivity contribution < 1.29 is 9.90 Å². The minimum Gasteiger partial charge on any atom is -0.385 e. The molecule has 0 bridgehead atoms. The van der Waals surface area contributed by atoms with E-state index >= 15 is 0 Å². The van der Waals surface area contributed by atoms with Crippen molar-refractivity contribution in [1.29, 1.82) is 0 Å². The summed E-state index contributed by atoms with van der Waals surface area (Å²) in [7, 11) is 0. The van der Waals surface area contributed by atoms with Crippen LogP contribution in [0.25, 0.3) is 0 Å². The number of hydrogen-bond acceptors (Lipinski definition) is 5. The van der Waals surface area contributed by atoms with Gasteiger partial charge in [0, 0.05) is 19.6 Å². The number of nitrogens with one attached hydrogen (secondary N) is 1. The van der Waals surface area contributed by atoms with Gasteiger partial charge >= 0.3 is 0 Å². The maximum atomic E-state index is 14.5. The van der Waals surface area contributed by atoms with Gasteiger partial charge in [0.2, 0.25) is 0 Å². The number of Topliss-reactive ketones (excluding diaryl/α,β-unsaturated/α-hetero) is 1. The van der Waals surface area contributed by atoms with Crippen LogP contribution < -0.4 is 10.4 Å². The molecule has 2 N–H and O–H groups in total. The average Bonchev–Trinajstić information content (AvgIpc) is 3.39. The maximum Gasteiger partial charge on any atom is 0.163 e. The highest BCUT2D eigenvalue weighted by Crippen LogP contribution is 2.38. The van der Waals surface area contributed by atoms with Crippen LogP contribution in [0, 0.1) is 0 Å². The normalized spacial score (nSPS) is 22.6. The fourth-order valence-electron chi connectivity index (χ4n) is 5.88. The Morgan fingerprint density at radius 3 is 2.16 bits per heavy atom. The molecule has 3 aromatic rings. The van der Waals surface area contributed by atoms with E-state index in [0.717, 1.165) is 16.8 Å². The molecule has 37 heavy (non-hydrogen) atoms. The number of ketones is 1. The zero-order chi connectivity index (χ0) is 26.0. The molecule has 0 saturated carbocycles. The fraction of sp³-hybridized carbons (Fsp3) is 0.367. The molecule has 0 amide bonds. The summed E-state index contributed by atoms with van der Waals surface area (Å²) < 4.78 is 0. The minimum atomic E-state index is -0.851. The Kier molecular flexibility index (Phi) is 7.62. The Morgan fingerprint density at radius 2 is 1.57 bits per heavy atom. The SMILES string of the molecule is CCC(C(=O)C1(c2ccccc2)CNN(c2ccc(Cl)c(Cl)c2)C1)N1CCC(O)(c2ccccc2)CC1. The zero-order valence-corrected chi connectivity index (χ0v) is 22.6. The molecule has 2 atom stereocenters. The van der Waals surface area contributed by atoms with E-state index in [0.29, 0.717) is 55.5 Å². The summed E-state index contributed by atoms with van der Waals surface area (Å²) in [5.41, 5.74) is 4.72. The standard InChI is InChI=1S/C30H33Cl2N3O2/c1-2-27(34-17-15-30(37,16-18-34)23-11-7-4-8-12-23)28(36)29(22-9-5-3-6-10-22)20-33-35(21-29)24-13-14-25(31)26(32)19-24/h3-14,19,27,33,37H,2,15-18,20-21H2,1H3. The third kappa shape index (κ3) is 5.04. The lowest BCUT2D eigenvalue weighted by molar-refractivity contribution is -0.131. The predicted molar refractivity (Wildman–Crippen MR) is 150 cm³/mol. The number of carbonyl (C=O) groups excluding carboxylic acids is 1. The molecule has 194 valence electrons. The number of aliphatic hydroxyl groups is 1. The zero-order valence-electron chi connectivity index (χ0n) is 21.0. The van der Waals surface area contributed by atoms with Crippen LogP contribution in [0.15, 0.2) is 78.9 Å². The number of piperidine rings is 1. The Labute approximate surface area is 229 Å². The number of carbonyl (C=O) groups is 1.